The first-order chi connectivity index (χ1) is 13.2. The number of hydrogen-bond acceptors (Lipinski definition) is 5. The molecular weight excluding hydrogens is 368 g/mol. The van der Waals surface area contributed by atoms with E-state index in [1.807, 2.05) is 30.3 Å². The predicted molar refractivity (Wildman–Crippen MR) is 103 cm³/mol. The Labute approximate surface area is 163 Å². The molecule has 7 heteroatoms. The average molecular weight is 389 g/mol. The highest BCUT2D eigenvalue weighted by atomic mass is 35.5. The van der Waals surface area contributed by atoms with E-state index in [0.717, 1.165) is 24.1 Å². The minimum absolute atomic E-state index is 0.0436. The smallest absolute Gasteiger partial charge is 0.244 e. The number of halogens is 1. The molecule has 1 fully saturated rings. The molecule has 1 saturated heterocycles. The minimum Gasteiger partial charge on any atom is -0.493 e. The van der Waals surface area contributed by atoms with Gasteiger partial charge in [-0.1, -0.05) is 23.7 Å². The van der Waals surface area contributed by atoms with Gasteiger partial charge in [-0.15, -0.1) is 0 Å². The van der Waals surface area contributed by atoms with E-state index >= 15 is 0 Å². The maximum Gasteiger partial charge on any atom is 0.244 e. The predicted octanol–water partition coefficient (Wildman–Crippen LogP) is 3.36. The second kappa shape index (κ2) is 7.66. The molecule has 0 radical (unpaired) electrons. The van der Waals surface area contributed by atoms with Gasteiger partial charge in [0.25, 0.3) is 0 Å². The molecule has 0 aromatic heterocycles. The van der Waals surface area contributed by atoms with Crippen LogP contribution in [0, 0.1) is 0 Å². The summed E-state index contributed by atoms with van der Waals surface area (Å²) >= 11 is 6.28. The van der Waals surface area contributed by atoms with Crippen molar-refractivity contribution in [3.8, 4) is 17.2 Å². The third-order valence-electron chi connectivity index (χ3n) is 4.85. The van der Waals surface area contributed by atoms with Crippen LogP contribution in [0.2, 0.25) is 5.02 Å². The maximum atomic E-state index is 12.9. The first-order valence-electron chi connectivity index (χ1n) is 8.93. The van der Waals surface area contributed by atoms with Gasteiger partial charge < -0.3 is 24.4 Å². The number of hydrogen-bond donors (Lipinski definition) is 1. The first-order valence-corrected chi connectivity index (χ1v) is 9.31. The van der Waals surface area contributed by atoms with Crippen LogP contribution in [0.4, 0.5) is 5.69 Å². The van der Waals surface area contributed by atoms with E-state index in [9.17, 15) is 4.79 Å². The van der Waals surface area contributed by atoms with Gasteiger partial charge in [-0.2, -0.15) is 0 Å². The molecule has 6 nitrogen and oxygen atoms in total. The molecule has 2 aromatic rings. The van der Waals surface area contributed by atoms with E-state index in [4.69, 9.17) is 25.8 Å². The fourth-order valence-electron chi connectivity index (χ4n) is 3.50. The van der Waals surface area contributed by atoms with E-state index in [0.29, 0.717) is 35.4 Å². The first kappa shape index (κ1) is 17.9. The summed E-state index contributed by atoms with van der Waals surface area (Å²) in [7, 11) is 1.60. The molecule has 2 aromatic carbocycles. The number of piperidine rings is 1. The molecule has 0 bridgehead atoms. The maximum absolute atomic E-state index is 12.9. The number of nitrogens with zero attached hydrogens (tertiary/aromatic N) is 1. The molecule has 4 rings (SSSR count). The minimum atomic E-state index is -0.258. The van der Waals surface area contributed by atoms with E-state index in [-0.39, 0.29) is 18.7 Å². The van der Waals surface area contributed by atoms with E-state index < -0.39 is 0 Å². The molecule has 0 saturated carbocycles. The number of rotatable bonds is 5. The molecule has 1 amide bonds. The Bertz CT molecular complexity index is 858. The number of anilines is 1. The number of para-hydroxylation sites is 1. The van der Waals surface area contributed by atoms with Crippen molar-refractivity contribution in [2.24, 2.45) is 0 Å². The number of nitrogens with one attached hydrogen (secondary N) is 1. The van der Waals surface area contributed by atoms with Gasteiger partial charge in [0.1, 0.15) is 0 Å². The highest BCUT2D eigenvalue weighted by Gasteiger charge is 2.30. The lowest BCUT2D eigenvalue weighted by molar-refractivity contribution is -0.121. The lowest BCUT2D eigenvalue weighted by Crippen LogP contribution is -2.50. The molecule has 27 heavy (non-hydrogen) atoms. The number of fused-ring (bicyclic) bond motifs is 1. The molecular formula is C20H21ClN2O4. The van der Waals surface area contributed by atoms with Crippen LogP contribution >= 0.6 is 11.6 Å². The number of methoxy groups -OCH3 is 1. The van der Waals surface area contributed by atoms with Gasteiger partial charge in [0.2, 0.25) is 18.4 Å². The highest BCUT2D eigenvalue weighted by molar-refractivity contribution is 6.33. The Balaban J connectivity index is 1.47. The fourth-order valence-corrected chi connectivity index (χ4v) is 3.74. The van der Waals surface area contributed by atoms with Gasteiger partial charge >= 0.3 is 0 Å². The van der Waals surface area contributed by atoms with Crippen molar-refractivity contribution in [3.05, 3.63) is 47.0 Å². The summed E-state index contributed by atoms with van der Waals surface area (Å²) in [5.41, 5.74) is 1.74. The number of carbonyl (C=O) groups excluding carboxylic acids is 1. The number of ether oxygens (including phenoxy) is 3. The Morgan fingerprint density at radius 2 is 2.15 bits per heavy atom. The summed E-state index contributed by atoms with van der Waals surface area (Å²) < 4.78 is 16.3. The monoisotopic (exact) mass is 388 g/mol. The number of carbonyl (C=O) groups is 1. The van der Waals surface area contributed by atoms with Crippen molar-refractivity contribution in [2.45, 2.75) is 25.4 Å². The van der Waals surface area contributed by atoms with Gasteiger partial charge in [0, 0.05) is 13.1 Å². The quantitative estimate of drug-likeness (QED) is 0.851. The Hall–Kier alpha value is -2.44. The summed E-state index contributed by atoms with van der Waals surface area (Å²) in [6.45, 7) is 1.40. The number of benzene rings is 2. The highest BCUT2D eigenvalue weighted by Crippen LogP contribution is 2.41. The van der Waals surface area contributed by atoms with E-state index in [1.165, 1.54) is 0 Å². The van der Waals surface area contributed by atoms with Crippen molar-refractivity contribution in [2.75, 3.05) is 25.3 Å². The normalized spacial score (nSPS) is 18.7. The van der Waals surface area contributed by atoms with Gasteiger partial charge in [-0.05, 0) is 42.7 Å². The molecule has 2 aliphatic rings. The topological polar surface area (TPSA) is 60.0 Å². The Kier molecular flexibility index (Phi) is 5.09. The lowest BCUT2D eigenvalue weighted by atomic mass is 10.0. The van der Waals surface area contributed by atoms with Crippen molar-refractivity contribution >= 4 is 23.2 Å². The summed E-state index contributed by atoms with van der Waals surface area (Å²) in [6.07, 6.45) is 1.71. The van der Waals surface area contributed by atoms with Gasteiger partial charge in [-0.25, -0.2) is 0 Å². The molecule has 0 aliphatic carbocycles. The Morgan fingerprint density at radius 1 is 1.30 bits per heavy atom. The largest absolute Gasteiger partial charge is 0.493 e. The zero-order chi connectivity index (χ0) is 18.8. The third-order valence-corrected chi connectivity index (χ3v) is 5.17. The second-order valence-corrected chi connectivity index (χ2v) is 6.96. The SMILES string of the molecule is COc1cc(CN[C@@H]2CCCN(c3ccccc3Cl)C2=O)cc2c1OCO2. The van der Waals surface area contributed by atoms with Crippen LogP contribution < -0.4 is 24.4 Å². The molecule has 2 heterocycles. The van der Waals surface area contributed by atoms with Crippen LogP contribution in [0.5, 0.6) is 17.2 Å². The molecule has 0 spiro atoms. The number of amides is 1. The van der Waals surface area contributed by atoms with Crippen LogP contribution in [0.25, 0.3) is 0 Å². The van der Waals surface area contributed by atoms with Crippen molar-refractivity contribution in [1.29, 1.82) is 0 Å². The summed E-state index contributed by atoms with van der Waals surface area (Å²) in [6, 6.07) is 11.0. The van der Waals surface area contributed by atoms with Gasteiger partial charge in [-0.3, -0.25) is 4.79 Å². The van der Waals surface area contributed by atoms with Crippen molar-refractivity contribution in [1.82, 2.24) is 5.32 Å². The lowest BCUT2D eigenvalue weighted by Gasteiger charge is -2.33. The van der Waals surface area contributed by atoms with E-state index in [1.54, 1.807) is 18.1 Å². The van der Waals surface area contributed by atoms with Crippen LogP contribution in [-0.4, -0.2) is 32.4 Å². The summed E-state index contributed by atoms with van der Waals surface area (Å²) in [4.78, 5) is 14.7. The Morgan fingerprint density at radius 3 is 2.96 bits per heavy atom. The van der Waals surface area contributed by atoms with Crippen LogP contribution in [0.15, 0.2) is 36.4 Å². The average Bonchev–Trinajstić information content (AvgIpc) is 3.16. The molecule has 1 atom stereocenters. The molecule has 142 valence electrons. The van der Waals surface area contributed by atoms with Crippen molar-refractivity contribution in [3.63, 3.8) is 0 Å². The second-order valence-electron chi connectivity index (χ2n) is 6.55. The van der Waals surface area contributed by atoms with Crippen LogP contribution in [-0.2, 0) is 11.3 Å². The van der Waals surface area contributed by atoms with Crippen molar-refractivity contribution < 1.29 is 19.0 Å². The van der Waals surface area contributed by atoms with E-state index in [2.05, 4.69) is 5.32 Å². The molecule has 2 aliphatic heterocycles. The fraction of sp³-hybridized carbons (Fsp3) is 0.350. The summed E-state index contributed by atoms with van der Waals surface area (Å²) in [5, 5.41) is 3.95. The summed E-state index contributed by atoms with van der Waals surface area (Å²) in [5.74, 6) is 1.97. The van der Waals surface area contributed by atoms with Crippen LogP contribution in [0.3, 0.4) is 0 Å². The molecule has 0 unspecified atom stereocenters. The van der Waals surface area contributed by atoms with Gasteiger partial charge in [0.15, 0.2) is 11.5 Å². The van der Waals surface area contributed by atoms with Gasteiger partial charge in [0.05, 0.1) is 23.9 Å². The third kappa shape index (κ3) is 3.55. The standard InChI is InChI=1S/C20H21ClN2O4/c1-25-17-9-13(10-18-19(17)27-12-26-18)11-22-15-6-4-8-23(20(15)24)16-7-3-2-5-14(16)21/h2-3,5,7,9-10,15,22H,4,6,8,11-12H2,1H3/t15-/m1/s1. The van der Waals surface area contributed by atoms with Crippen LogP contribution in [0.1, 0.15) is 18.4 Å². The zero-order valence-electron chi connectivity index (χ0n) is 15.0. The zero-order valence-corrected chi connectivity index (χ0v) is 15.8. The molecule has 1 N–H and O–H groups in total.